The van der Waals surface area contributed by atoms with Gasteiger partial charge < -0.3 is 14.8 Å². The van der Waals surface area contributed by atoms with Crippen molar-refractivity contribution < 1.29 is 14.3 Å². The van der Waals surface area contributed by atoms with E-state index in [4.69, 9.17) is 9.47 Å². The van der Waals surface area contributed by atoms with Gasteiger partial charge in [0.25, 0.3) is 0 Å². The average Bonchev–Trinajstić information content (AvgIpc) is 3.24. The van der Waals surface area contributed by atoms with Crippen molar-refractivity contribution in [2.24, 2.45) is 0 Å². The van der Waals surface area contributed by atoms with Crippen LogP contribution in [0.4, 0.5) is 0 Å². The molecule has 1 atom stereocenters. The first kappa shape index (κ1) is 20.6. The Kier molecular flexibility index (Phi) is 7.30. The van der Waals surface area contributed by atoms with Crippen LogP contribution in [-0.2, 0) is 11.3 Å². The van der Waals surface area contributed by atoms with Gasteiger partial charge in [-0.15, -0.1) is 11.3 Å². The Hall–Kier alpha value is -2.09. The fourth-order valence-electron chi connectivity index (χ4n) is 3.44. The maximum atomic E-state index is 12.3. The van der Waals surface area contributed by atoms with Crippen molar-refractivity contribution in [1.82, 2.24) is 15.1 Å². The smallest absolute Gasteiger partial charge is 0.234 e. The van der Waals surface area contributed by atoms with Crippen LogP contribution in [0, 0.1) is 0 Å². The third-order valence-electron chi connectivity index (χ3n) is 5.03. The van der Waals surface area contributed by atoms with Crippen LogP contribution in [0.25, 0.3) is 0 Å². The van der Waals surface area contributed by atoms with E-state index in [9.17, 15) is 4.79 Å². The molecule has 1 N–H and O–H groups in total. The summed E-state index contributed by atoms with van der Waals surface area (Å²) in [6.45, 7) is 7.05. The Morgan fingerprint density at radius 1 is 1.11 bits per heavy atom. The van der Waals surface area contributed by atoms with Crippen LogP contribution in [0.2, 0.25) is 0 Å². The number of ether oxygens (including phenoxy) is 2. The Bertz CT molecular complexity index is 758. The molecule has 2 aromatic rings. The number of hydrogen-bond acceptors (Lipinski definition) is 6. The third-order valence-corrected chi connectivity index (χ3v) is 6.09. The second kappa shape index (κ2) is 9.91. The molecule has 7 heteroatoms. The topological polar surface area (TPSA) is 54.0 Å². The maximum absolute atomic E-state index is 12.3. The summed E-state index contributed by atoms with van der Waals surface area (Å²) in [7, 11) is 3.30. The van der Waals surface area contributed by atoms with E-state index in [1.807, 2.05) is 30.5 Å². The van der Waals surface area contributed by atoms with Crippen LogP contribution >= 0.6 is 11.3 Å². The summed E-state index contributed by atoms with van der Waals surface area (Å²) in [6, 6.07) is 10.2. The van der Waals surface area contributed by atoms with Crippen LogP contribution in [0.5, 0.6) is 11.5 Å². The van der Waals surface area contributed by atoms with Gasteiger partial charge >= 0.3 is 0 Å². The Morgan fingerprint density at radius 3 is 2.46 bits per heavy atom. The number of nitrogens with zero attached hydrogens (tertiary/aromatic N) is 2. The van der Waals surface area contributed by atoms with Gasteiger partial charge in [-0.1, -0.05) is 12.1 Å². The highest BCUT2D eigenvalue weighted by atomic mass is 32.1. The van der Waals surface area contributed by atoms with Crippen LogP contribution in [0.15, 0.2) is 35.7 Å². The van der Waals surface area contributed by atoms with Crippen molar-refractivity contribution >= 4 is 17.2 Å². The van der Waals surface area contributed by atoms with Crippen molar-refractivity contribution in [1.29, 1.82) is 0 Å². The van der Waals surface area contributed by atoms with Gasteiger partial charge in [-0.3, -0.25) is 14.6 Å². The molecule has 0 bridgehead atoms. The Morgan fingerprint density at radius 2 is 1.82 bits per heavy atom. The fraction of sp³-hybridized carbons (Fsp3) is 0.476. The lowest BCUT2D eigenvalue weighted by atomic mass is 10.1. The van der Waals surface area contributed by atoms with Gasteiger partial charge in [-0.2, -0.15) is 0 Å². The second-order valence-corrected chi connectivity index (χ2v) is 8.03. The SMILES string of the molecule is COc1ccc(CN2CCN(CC(=O)N[C@@H](C)c3cccs3)CC2)cc1OC. The van der Waals surface area contributed by atoms with Crippen molar-refractivity contribution in [3.8, 4) is 11.5 Å². The molecule has 0 unspecified atom stereocenters. The molecule has 1 aromatic carbocycles. The summed E-state index contributed by atoms with van der Waals surface area (Å²) >= 11 is 1.67. The molecule has 1 aliphatic rings. The van der Waals surface area contributed by atoms with Gasteiger partial charge in [-0.05, 0) is 36.1 Å². The summed E-state index contributed by atoms with van der Waals surface area (Å²) < 4.78 is 10.7. The molecular formula is C21H29N3O3S. The molecule has 0 aliphatic carbocycles. The number of hydrogen-bond donors (Lipinski definition) is 1. The normalized spacial score (nSPS) is 16.5. The minimum absolute atomic E-state index is 0.0684. The van der Waals surface area contributed by atoms with Crippen molar-refractivity contribution in [3.63, 3.8) is 0 Å². The number of carbonyl (C=O) groups is 1. The largest absolute Gasteiger partial charge is 0.493 e. The van der Waals surface area contributed by atoms with Crippen molar-refractivity contribution in [2.45, 2.75) is 19.5 Å². The monoisotopic (exact) mass is 403 g/mol. The molecule has 1 saturated heterocycles. The van der Waals surface area contributed by atoms with E-state index in [1.165, 1.54) is 10.4 Å². The fourth-order valence-corrected chi connectivity index (χ4v) is 4.18. The van der Waals surface area contributed by atoms with E-state index in [0.717, 1.165) is 44.2 Å². The van der Waals surface area contributed by atoms with E-state index in [2.05, 4.69) is 27.2 Å². The maximum Gasteiger partial charge on any atom is 0.234 e. The molecule has 1 aliphatic heterocycles. The molecule has 0 saturated carbocycles. The highest BCUT2D eigenvalue weighted by molar-refractivity contribution is 7.10. The molecule has 3 rings (SSSR count). The minimum Gasteiger partial charge on any atom is -0.493 e. The zero-order chi connectivity index (χ0) is 19.9. The average molecular weight is 404 g/mol. The lowest BCUT2D eigenvalue weighted by Crippen LogP contribution is -2.49. The van der Waals surface area contributed by atoms with Crippen LogP contribution < -0.4 is 14.8 Å². The first-order valence-corrected chi connectivity index (χ1v) is 10.5. The van der Waals surface area contributed by atoms with E-state index < -0.39 is 0 Å². The second-order valence-electron chi connectivity index (χ2n) is 7.05. The molecule has 6 nitrogen and oxygen atoms in total. The number of rotatable bonds is 8. The van der Waals surface area contributed by atoms with E-state index in [1.54, 1.807) is 25.6 Å². The van der Waals surface area contributed by atoms with E-state index in [-0.39, 0.29) is 11.9 Å². The van der Waals surface area contributed by atoms with Crippen LogP contribution in [0.1, 0.15) is 23.4 Å². The minimum atomic E-state index is 0.0684. The summed E-state index contributed by atoms with van der Waals surface area (Å²) in [5.41, 5.74) is 1.20. The summed E-state index contributed by atoms with van der Waals surface area (Å²) in [4.78, 5) is 18.2. The standard InChI is InChI=1S/C21H29N3O3S/c1-16(20-5-4-12-28-20)22-21(25)15-24-10-8-23(9-11-24)14-17-6-7-18(26-2)19(13-17)27-3/h4-7,12-13,16H,8-11,14-15H2,1-3H3,(H,22,25)/t16-/m0/s1. The molecule has 1 amide bonds. The number of nitrogens with one attached hydrogen (secondary N) is 1. The molecule has 1 aromatic heterocycles. The highest BCUT2D eigenvalue weighted by Gasteiger charge is 2.20. The molecule has 1 fully saturated rings. The number of benzene rings is 1. The van der Waals surface area contributed by atoms with Crippen molar-refractivity contribution in [3.05, 3.63) is 46.2 Å². The van der Waals surface area contributed by atoms with Gasteiger partial charge in [0.2, 0.25) is 5.91 Å². The van der Waals surface area contributed by atoms with Gasteiger partial charge in [0.1, 0.15) is 0 Å². The van der Waals surface area contributed by atoms with Crippen LogP contribution in [0.3, 0.4) is 0 Å². The molecule has 152 valence electrons. The molecule has 0 radical (unpaired) electrons. The van der Waals surface area contributed by atoms with Crippen molar-refractivity contribution in [2.75, 3.05) is 46.9 Å². The number of thiophene rings is 1. The lowest BCUT2D eigenvalue weighted by molar-refractivity contribution is -0.123. The van der Waals surface area contributed by atoms with Crippen LogP contribution in [-0.4, -0.2) is 62.7 Å². The molecular weight excluding hydrogens is 374 g/mol. The molecule has 0 spiro atoms. The first-order valence-electron chi connectivity index (χ1n) is 9.57. The molecule has 2 heterocycles. The number of piperazine rings is 1. The number of methoxy groups -OCH3 is 2. The predicted molar refractivity (Wildman–Crippen MR) is 112 cm³/mol. The van der Waals surface area contributed by atoms with E-state index >= 15 is 0 Å². The zero-order valence-corrected chi connectivity index (χ0v) is 17.6. The van der Waals surface area contributed by atoms with Gasteiger partial charge in [0.15, 0.2) is 11.5 Å². The Labute approximate surface area is 171 Å². The third kappa shape index (κ3) is 5.47. The lowest BCUT2D eigenvalue weighted by Gasteiger charge is -2.34. The Balaban J connectivity index is 1.43. The van der Waals surface area contributed by atoms with E-state index in [0.29, 0.717) is 6.54 Å². The summed E-state index contributed by atoms with van der Waals surface area (Å²) in [5.74, 6) is 1.60. The van der Waals surface area contributed by atoms with Gasteiger partial charge in [-0.25, -0.2) is 0 Å². The first-order chi connectivity index (χ1) is 13.6. The van der Waals surface area contributed by atoms with Gasteiger partial charge in [0.05, 0.1) is 26.8 Å². The quantitative estimate of drug-likeness (QED) is 0.735. The number of carbonyl (C=O) groups excluding carboxylic acids is 1. The molecule has 28 heavy (non-hydrogen) atoms. The summed E-state index contributed by atoms with van der Waals surface area (Å²) in [5, 5.41) is 5.13. The summed E-state index contributed by atoms with van der Waals surface area (Å²) in [6.07, 6.45) is 0. The predicted octanol–water partition coefficient (Wildman–Crippen LogP) is 2.76. The number of amides is 1. The zero-order valence-electron chi connectivity index (χ0n) is 16.8. The van der Waals surface area contributed by atoms with Gasteiger partial charge in [0, 0.05) is 37.6 Å². The highest BCUT2D eigenvalue weighted by Crippen LogP contribution is 2.28.